The molecule has 0 spiro atoms. The van der Waals surface area contributed by atoms with Gasteiger partial charge >= 0.3 is 0 Å². The quantitative estimate of drug-likeness (QED) is 0.576. The average molecular weight is 253 g/mol. The summed E-state index contributed by atoms with van der Waals surface area (Å²) in [6.45, 7) is 1.96. The minimum atomic E-state index is -0.686. The number of hydrazine groups is 1. The minimum absolute atomic E-state index is 0.403. The monoisotopic (exact) mass is 252 g/mol. The number of nitrogens with one attached hydrogen (secondary N) is 1. The van der Waals surface area contributed by atoms with Gasteiger partial charge in [-0.1, -0.05) is 30.9 Å². The van der Waals surface area contributed by atoms with Gasteiger partial charge in [0.1, 0.15) is 0 Å². The summed E-state index contributed by atoms with van der Waals surface area (Å²) in [7, 11) is 0. The molecule has 2 heterocycles. The van der Waals surface area contributed by atoms with E-state index in [0.717, 1.165) is 18.6 Å². The van der Waals surface area contributed by atoms with Crippen molar-refractivity contribution in [3.63, 3.8) is 0 Å². The van der Waals surface area contributed by atoms with Crippen LogP contribution in [0.5, 0.6) is 0 Å². The van der Waals surface area contributed by atoms with E-state index in [1.807, 2.05) is 24.2 Å². The second-order valence-corrected chi connectivity index (χ2v) is 5.55. The predicted molar refractivity (Wildman–Crippen MR) is 69.8 cm³/mol. The molecule has 1 atom stereocenters. The Bertz CT molecular complexity index is 409. The van der Waals surface area contributed by atoms with Gasteiger partial charge in [-0.05, 0) is 25.8 Å². The van der Waals surface area contributed by atoms with Gasteiger partial charge in [0.15, 0.2) is 0 Å². The third kappa shape index (κ3) is 2.00. The van der Waals surface area contributed by atoms with Crippen LogP contribution < -0.4 is 5.43 Å². The molecule has 0 aromatic rings. The van der Waals surface area contributed by atoms with Crippen LogP contribution in [-0.4, -0.2) is 21.8 Å². The van der Waals surface area contributed by atoms with Crippen LogP contribution in [0.1, 0.15) is 39.0 Å². The number of aliphatic imine (C=N–C) groups is 2. The van der Waals surface area contributed by atoms with Gasteiger partial charge in [-0.25, -0.2) is 15.0 Å². The Morgan fingerprint density at radius 2 is 2.18 bits per heavy atom. The van der Waals surface area contributed by atoms with Crippen molar-refractivity contribution >= 4 is 23.3 Å². The number of hydrogen-bond donors (Lipinski definition) is 1. The molecule has 0 amide bonds. The van der Waals surface area contributed by atoms with Crippen molar-refractivity contribution in [3.05, 3.63) is 12.3 Å². The van der Waals surface area contributed by atoms with Gasteiger partial charge in [0.05, 0.1) is 0 Å². The Morgan fingerprint density at radius 1 is 1.41 bits per heavy atom. The lowest BCUT2D eigenvalue weighted by Crippen LogP contribution is -2.47. The lowest BCUT2D eigenvalue weighted by atomic mass is 9.87. The molecule has 0 bridgehead atoms. The second-order valence-electron chi connectivity index (χ2n) is 4.97. The molecule has 3 rings (SSSR count). The Kier molecular flexibility index (Phi) is 2.71. The highest BCUT2D eigenvalue weighted by molar-refractivity contribution is 6.25. The number of rotatable bonds is 1. The van der Waals surface area contributed by atoms with Crippen molar-refractivity contribution in [1.29, 1.82) is 0 Å². The Balaban J connectivity index is 1.84. The highest BCUT2D eigenvalue weighted by atomic mass is 35.5. The third-order valence-corrected chi connectivity index (χ3v) is 4.12. The zero-order valence-corrected chi connectivity index (χ0v) is 10.7. The van der Waals surface area contributed by atoms with E-state index in [2.05, 4.69) is 15.4 Å². The van der Waals surface area contributed by atoms with E-state index in [-0.39, 0.29) is 0 Å². The van der Waals surface area contributed by atoms with Gasteiger partial charge in [-0.2, -0.15) is 5.43 Å². The van der Waals surface area contributed by atoms with E-state index in [0.29, 0.717) is 11.9 Å². The summed E-state index contributed by atoms with van der Waals surface area (Å²) in [6.07, 6.45) is 10.0. The Labute approximate surface area is 106 Å². The maximum atomic E-state index is 6.63. The first-order valence-electron chi connectivity index (χ1n) is 6.27. The maximum absolute atomic E-state index is 6.63. The molecule has 5 heteroatoms. The van der Waals surface area contributed by atoms with E-state index < -0.39 is 5.12 Å². The number of fused-ring (bicyclic) bond motifs is 1. The molecule has 3 aliphatic rings. The molecule has 17 heavy (non-hydrogen) atoms. The topological polar surface area (TPSA) is 40.0 Å². The second kappa shape index (κ2) is 4.10. The molecule has 1 saturated carbocycles. The van der Waals surface area contributed by atoms with Gasteiger partial charge in [0.2, 0.25) is 11.1 Å². The predicted octanol–water partition coefficient (Wildman–Crippen LogP) is 2.62. The van der Waals surface area contributed by atoms with Crippen molar-refractivity contribution in [2.24, 2.45) is 15.9 Å². The van der Waals surface area contributed by atoms with Crippen molar-refractivity contribution < 1.29 is 0 Å². The number of alkyl halides is 1. The number of halogens is 1. The summed E-state index contributed by atoms with van der Waals surface area (Å²) < 4.78 is 0. The van der Waals surface area contributed by atoms with Crippen LogP contribution in [0.15, 0.2) is 22.3 Å². The normalized spacial score (nSPS) is 33.4. The van der Waals surface area contributed by atoms with Crippen molar-refractivity contribution in [2.45, 2.75) is 44.1 Å². The molecule has 0 aromatic heterocycles. The van der Waals surface area contributed by atoms with E-state index in [9.17, 15) is 0 Å². The minimum Gasteiger partial charge on any atom is -0.248 e. The Morgan fingerprint density at radius 3 is 2.94 bits per heavy atom. The van der Waals surface area contributed by atoms with Gasteiger partial charge in [-0.15, -0.1) is 0 Å². The Hall–Kier alpha value is -0.870. The van der Waals surface area contributed by atoms with Crippen molar-refractivity contribution in [1.82, 2.24) is 10.4 Å². The molecular weight excluding hydrogens is 236 g/mol. The summed E-state index contributed by atoms with van der Waals surface area (Å²) in [4.78, 5) is 8.97. The van der Waals surface area contributed by atoms with Crippen LogP contribution in [0.4, 0.5) is 0 Å². The van der Waals surface area contributed by atoms with Crippen LogP contribution in [0.25, 0.3) is 0 Å². The molecule has 2 aliphatic heterocycles. The summed E-state index contributed by atoms with van der Waals surface area (Å²) in [5.41, 5.74) is 4.22. The van der Waals surface area contributed by atoms with Gasteiger partial charge in [0, 0.05) is 17.8 Å². The molecule has 1 aliphatic carbocycles. The van der Waals surface area contributed by atoms with Crippen LogP contribution >= 0.6 is 11.6 Å². The van der Waals surface area contributed by atoms with Gasteiger partial charge in [-0.3, -0.25) is 0 Å². The number of nitrogens with zero attached hydrogens (tertiary/aromatic N) is 3. The molecule has 1 unspecified atom stereocenters. The van der Waals surface area contributed by atoms with Crippen LogP contribution in [0, 0.1) is 5.92 Å². The molecule has 1 N–H and O–H groups in total. The summed E-state index contributed by atoms with van der Waals surface area (Å²) in [5.74, 6) is 1.09. The largest absolute Gasteiger partial charge is 0.248 e. The van der Waals surface area contributed by atoms with E-state index in [1.54, 1.807) is 0 Å². The lowest BCUT2D eigenvalue weighted by Gasteiger charge is -2.32. The molecule has 92 valence electrons. The first-order chi connectivity index (χ1) is 8.17. The summed E-state index contributed by atoms with van der Waals surface area (Å²) in [6, 6.07) is 0. The zero-order valence-electron chi connectivity index (χ0n) is 9.99. The standard InChI is InChI=1S/C12H17ClN4/c1-9-7-8-17-11(14-9)15-12(13,16-17)10-5-3-2-4-6-10/h7-8,10,16H,2-6H2,1H3. The van der Waals surface area contributed by atoms with Crippen LogP contribution in [0.2, 0.25) is 0 Å². The lowest BCUT2D eigenvalue weighted by molar-refractivity contribution is 0.209. The van der Waals surface area contributed by atoms with Crippen LogP contribution in [0.3, 0.4) is 0 Å². The fraction of sp³-hybridized carbons (Fsp3) is 0.667. The summed E-state index contributed by atoms with van der Waals surface area (Å²) >= 11 is 6.63. The first kappa shape index (κ1) is 11.2. The molecule has 4 nitrogen and oxygen atoms in total. The van der Waals surface area contributed by atoms with E-state index in [4.69, 9.17) is 11.6 Å². The maximum Gasteiger partial charge on any atom is 0.242 e. The van der Waals surface area contributed by atoms with Crippen molar-refractivity contribution in [2.75, 3.05) is 0 Å². The summed E-state index contributed by atoms with van der Waals surface area (Å²) in [5, 5.41) is 1.14. The third-order valence-electron chi connectivity index (χ3n) is 3.64. The van der Waals surface area contributed by atoms with Crippen LogP contribution in [-0.2, 0) is 0 Å². The molecular formula is C12H17ClN4. The number of allylic oxidation sites excluding steroid dienone is 1. The molecule has 0 aromatic carbocycles. The van der Waals surface area contributed by atoms with Crippen molar-refractivity contribution in [3.8, 4) is 0 Å². The number of hydrogen-bond acceptors (Lipinski definition) is 4. The average Bonchev–Trinajstić information content (AvgIpc) is 2.67. The van der Waals surface area contributed by atoms with Gasteiger partial charge in [0.25, 0.3) is 0 Å². The fourth-order valence-corrected chi connectivity index (χ4v) is 3.06. The first-order valence-corrected chi connectivity index (χ1v) is 6.64. The fourth-order valence-electron chi connectivity index (χ4n) is 2.67. The SMILES string of the molecule is CC1=NC2=NC(Cl)(C3CCCCC3)NN2C=C1. The van der Waals surface area contributed by atoms with Gasteiger partial charge < -0.3 is 0 Å². The smallest absolute Gasteiger partial charge is 0.242 e. The van der Waals surface area contributed by atoms with E-state index in [1.165, 1.54) is 19.3 Å². The zero-order chi connectivity index (χ0) is 11.9. The molecule has 0 radical (unpaired) electrons. The van der Waals surface area contributed by atoms with E-state index >= 15 is 0 Å². The highest BCUT2D eigenvalue weighted by Crippen LogP contribution is 2.39. The highest BCUT2D eigenvalue weighted by Gasteiger charge is 2.44. The number of guanidine groups is 1. The molecule has 1 fully saturated rings. The molecule has 0 saturated heterocycles.